The van der Waals surface area contributed by atoms with Crippen molar-refractivity contribution in [2.75, 3.05) is 7.11 Å². The summed E-state index contributed by atoms with van der Waals surface area (Å²) in [6.45, 7) is 0. The van der Waals surface area contributed by atoms with Gasteiger partial charge in [-0.15, -0.1) is 0 Å². The van der Waals surface area contributed by atoms with Crippen LogP contribution in [0.25, 0.3) is 5.69 Å². The lowest BCUT2D eigenvalue weighted by Crippen LogP contribution is -2.07. The Morgan fingerprint density at radius 2 is 1.68 bits per heavy atom. The van der Waals surface area contributed by atoms with Crippen LogP contribution in [0.5, 0.6) is 0 Å². The molecule has 0 N–H and O–H groups in total. The number of aliphatic imine (C=N–C) groups is 1. The lowest BCUT2D eigenvalue weighted by molar-refractivity contribution is 0.0600. The summed E-state index contributed by atoms with van der Waals surface area (Å²) in [6.07, 6.45) is 3.01. The van der Waals surface area contributed by atoms with Crippen molar-refractivity contribution in [2.24, 2.45) is 4.99 Å². The van der Waals surface area contributed by atoms with Crippen LogP contribution in [0.3, 0.4) is 0 Å². The maximum Gasteiger partial charge on any atom is 0.341 e. The van der Waals surface area contributed by atoms with Gasteiger partial charge < -0.3 is 4.74 Å². The van der Waals surface area contributed by atoms with E-state index in [9.17, 15) is 4.79 Å². The Morgan fingerprint density at radius 1 is 1.08 bits per heavy atom. The summed E-state index contributed by atoms with van der Waals surface area (Å²) in [5.74, 6) is -0.488. The molecule has 0 aliphatic carbocycles. The fourth-order valence-electron chi connectivity index (χ4n) is 2.20. The van der Waals surface area contributed by atoms with Crippen molar-refractivity contribution in [3.05, 3.63) is 76.0 Å². The number of ether oxygens (including phenoxy) is 1. The molecule has 1 aromatic heterocycles. The number of halogens is 2. The second-order valence-electron chi connectivity index (χ2n) is 5.06. The third-order valence-corrected chi connectivity index (χ3v) is 3.95. The van der Waals surface area contributed by atoms with E-state index in [1.807, 2.05) is 0 Å². The first-order valence-electron chi connectivity index (χ1n) is 7.30. The van der Waals surface area contributed by atoms with Gasteiger partial charge in [0.15, 0.2) is 0 Å². The van der Waals surface area contributed by atoms with Gasteiger partial charge >= 0.3 is 5.97 Å². The third kappa shape index (κ3) is 3.90. The van der Waals surface area contributed by atoms with Gasteiger partial charge in [-0.1, -0.05) is 23.2 Å². The zero-order chi connectivity index (χ0) is 17.8. The quantitative estimate of drug-likeness (QED) is 0.491. The SMILES string of the molecule is COC(=O)c1cnn(-c2ccc(Cl)cc2)c1C=Nc1ccc(Cl)cc1. The van der Waals surface area contributed by atoms with Crippen LogP contribution in [-0.2, 0) is 4.74 Å². The van der Waals surface area contributed by atoms with Crippen molar-refractivity contribution < 1.29 is 9.53 Å². The van der Waals surface area contributed by atoms with Crippen molar-refractivity contribution in [2.45, 2.75) is 0 Å². The van der Waals surface area contributed by atoms with Crippen LogP contribution >= 0.6 is 23.2 Å². The van der Waals surface area contributed by atoms with Crippen LogP contribution in [-0.4, -0.2) is 29.1 Å². The standard InChI is InChI=1S/C18H13Cl2N3O2/c1-25-18(24)16-10-22-23(15-8-4-13(20)5-9-15)17(16)11-21-14-6-2-12(19)3-7-14/h2-11H,1H3. The van der Waals surface area contributed by atoms with Gasteiger partial charge in [-0.2, -0.15) is 5.10 Å². The van der Waals surface area contributed by atoms with E-state index >= 15 is 0 Å². The van der Waals surface area contributed by atoms with Crippen molar-refractivity contribution >= 4 is 41.1 Å². The van der Waals surface area contributed by atoms with E-state index < -0.39 is 5.97 Å². The molecule has 0 bridgehead atoms. The number of carbonyl (C=O) groups excluding carboxylic acids is 1. The third-order valence-electron chi connectivity index (χ3n) is 3.45. The molecule has 3 rings (SSSR count). The summed E-state index contributed by atoms with van der Waals surface area (Å²) in [7, 11) is 1.32. The molecular weight excluding hydrogens is 361 g/mol. The van der Waals surface area contributed by atoms with E-state index in [-0.39, 0.29) is 0 Å². The first kappa shape index (κ1) is 17.2. The topological polar surface area (TPSA) is 56.5 Å². The Hall–Kier alpha value is -2.63. The van der Waals surface area contributed by atoms with Gasteiger partial charge in [0.2, 0.25) is 0 Å². The first-order valence-corrected chi connectivity index (χ1v) is 8.06. The van der Waals surface area contributed by atoms with E-state index in [0.717, 1.165) is 5.69 Å². The summed E-state index contributed by atoms with van der Waals surface area (Å²) >= 11 is 11.8. The molecular formula is C18H13Cl2N3O2. The monoisotopic (exact) mass is 373 g/mol. The normalized spacial score (nSPS) is 11.0. The highest BCUT2D eigenvalue weighted by atomic mass is 35.5. The zero-order valence-corrected chi connectivity index (χ0v) is 14.7. The molecule has 0 radical (unpaired) electrons. The molecule has 0 unspecified atom stereocenters. The van der Waals surface area contributed by atoms with Crippen molar-refractivity contribution in [1.29, 1.82) is 0 Å². The van der Waals surface area contributed by atoms with Gasteiger partial charge in [-0.25, -0.2) is 9.48 Å². The van der Waals surface area contributed by atoms with Gasteiger partial charge in [-0.05, 0) is 48.5 Å². The lowest BCUT2D eigenvalue weighted by atomic mass is 10.2. The van der Waals surface area contributed by atoms with Gasteiger partial charge in [0.1, 0.15) is 5.56 Å². The summed E-state index contributed by atoms with van der Waals surface area (Å²) in [5, 5.41) is 5.51. The van der Waals surface area contributed by atoms with E-state index in [2.05, 4.69) is 10.1 Å². The maximum atomic E-state index is 12.0. The van der Waals surface area contributed by atoms with Crippen LogP contribution < -0.4 is 0 Å². The Morgan fingerprint density at radius 3 is 2.28 bits per heavy atom. The molecule has 0 atom stereocenters. The minimum atomic E-state index is -0.488. The van der Waals surface area contributed by atoms with Crippen molar-refractivity contribution in [3.8, 4) is 5.69 Å². The molecule has 25 heavy (non-hydrogen) atoms. The van der Waals surface area contributed by atoms with Crippen LogP contribution in [0.4, 0.5) is 5.69 Å². The second-order valence-corrected chi connectivity index (χ2v) is 5.93. The fraction of sp³-hybridized carbons (Fsp3) is 0.0556. The summed E-state index contributed by atoms with van der Waals surface area (Å²) in [4.78, 5) is 16.4. The summed E-state index contributed by atoms with van der Waals surface area (Å²) in [6, 6.07) is 14.1. The van der Waals surface area contributed by atoms with Crippen LogP contribution in [0.1, 0.15) is 16.1 Å². The number of esters is 1. The van der Waals surface area contributed by atoms with Gasteiger partial charge in [0.05, 0.1) is 36.6 Å². The highest BCUT2D eigenvalue weighted by Crippen LogP contribution is 2.20. The van der Waals surface area contributed by atoms with E-state index in [1.165, 1.54) is 13.3 Å². The Bertz CT molecular complexity index is 916. The average molecular weight is 374 g/mol. The van der Waals surface area contributed by atoms with E-state index in [0.29, 0.717) is 27.0 Å². The highest BCUT2D eigenvalue weighted by molar-refractivity contribution is 6.30. The highest BCUT2D eigenvalue weighted by Gasteiger charge is 2.17. The number of methoxy groups -OCH3 is 1. The molecule has 0 amide bonds. The van der Waals surface area contributed by atoms with Crippen LogP contribution in [0.15, 0.2) is 59.7 Å². The van der Waals surface area contributed by atoms with Crippen LogP contribution in [0, 0.1) is 0 Å². The molecule has 0 spiro atoms. The Kier molecular flexibility index (Phi) is 5.16. The van der Waals surface area contributed by atoms with E-state index in [1.54, 1.807) is 59.4 Å². The zero-order valence-electron chi connectivity index (χ0n) is 13.2. The number of aromatic nitrogens is 2. The number of hydrogen-bond acceptors (Lipinski definition) is 4. The maximum absolute atomic E-state index is 12.0. The number of carbonyl (C=O) groups is 1. The number of nitrogens with zero attached hydrogens (tertiary/aromatic N) is 3. The number of hydrogen-bond donors (Lipinski definition) is 0. The predicted octanol–water partition coefficient (Wildman–Crippen LogP) is 4.72. The molecule has 0 saturated carbocycles. The number of benzene rings is 2. The fourth-order valence-corrected chi connectivity index (χ4v) is 2.45. The minimum absolute atomic E-state index is 0.315. The average Bonchev–Trinajstić information content (AvgIpc) is 3.05. The Balaban J connectivity index is 2.05. The molecule has 0 fully saturated rings. The number of rotatable bonds is 4. The molecule has 0 aliphatic rings. The molecule has 7 heteroatoms. The van der Waals surface area contributed by atoms with Crippen molar-refractivity contribution in [1.82, 2.24) is 9.78 Å². The van der Waals surface area contributed by atoms with Crippen LogP contribution in [0.2, 0.25) is 10.0 Å². The van der Waals surface area contributed by atoms with Gasteiger partial charge in [-0.3, -0.25) is 4.99 Å². The summed E-state index contributed by atoms with van der Waals surface area (Å²) in [5.41, 5.74) is 2.26. The Labute approximate surface area is 154 Å². The predicted molar refractivity (Wildman–Crippen MR) is 98.6 cm³/mol. The first-order chi connectivity index (χ1) is 12.1. The smallest absolute Gasteiger partial charge is 0.341 e. The molecule has 5 nitrogen and oxygen atoms in total. The molecule has 0 saturated heterocycles. The van der Waals surface area contributed by atoms with Gasteiger partial charge in [0, 0.05) is 10.0 Å². The van der Waals surface area contributed by atoms with Crippen molar-refractivity contribution in [3.63, 3.8) is 0 Å². The second kappa shape index (κ2) is 7.51. The summed E-state index contributed by atoms with van der Waals surface area (Å²) < 4.78 is 6.42. The molecule has 0 aliphatic heterocycles. The molecule has 1 heterocycles. The lowest BCUT2D eigenvalue weighted by Gasteiger charge is -2.06. The molecule has 2 aromatic carbocycles. The molecule has 126 valence electrons. The molecule has 3 aromatic rings. The largest absolute Gasteiger partial charge is 0.465 e. The van der Waals surface area contributed by atoms with E-state index in [4.69, 9.17) is 27.9 Å². The minimum Gasteiger partial charge on any atom is -0.465 e. The van der Waals surface area contributed by atoms with Gasteiger partial charge in [0.25, 0.3) is 0 Å².